The second-order valence-corrected chi connectivity index (χ2v) is 19.2. The van der Waals surface area contributed by atoms with Crippen molar-refractivity contribution in [2.75, 3.05) is 0 Å². The van der Waals surface area contributed by atoms with Crippen LogP contribution < -0.4 is 0 Å². The minimum Gasteiger partial charge on any atom is -0.0998 e. The van der Waals surface area contributed by atoms with E-state index < -0.39 is 0 Å². The Hall–Kier alpha value is -4.94. The SMILES string of the molecule is CC(C)(C)c1ccc([C+](c2ccc(C(C)(C)C)cc2)c2cccc(-c3cccc([C-](c4ccc(C(C)(C)C)cc4)c4ccc(C(C)(C)C)cc4)c3)c2)cc1. The largest absolute Gasteiger partial charge is 0.0998 e. The third-order valence-electron chi connectivity index (χ3n) is 10.8. The Morgan fingerprint density at radius 2 is 0.648 bits per heavy atom. The van der Waals surface area contributed by atoms with Gasteiger partial charge >= 0.3 is 0 Å². The van der Waals surface area contributed by atoms with Crippen molar-refractivity contribution in [2.24, 2.45) is 0 Å². The Morgan fingerprint density at radius 1 is 0.315 bits per heavy atom. The summed E-state index contributed by atoms with van der Waals surface area (Å²) in [6.07, 6.45) is 0. The van der Waals surface area contributed by atoms with Gasteiger partial charge in [-0.2, -0.15) is 0 Å². The lowest BCUT2D eigenvalue weighted by molar-refractivity contribution is 0.589. The fraction of sp³-hybridized carbons (Fsp3) is 0.296. The molecule has 0 heteroatoms. The molecule has 6 aromatic rings. The van der Waals surface area contributed by atoms with Gasteiger partial charge in [-0.05, 0) is 111 Å². The van der Waals surface area contributed by atoms with Crippen LogP contribution in [0.3, 0.4) is 0 Å². The van der Waals surface area contributed by atoms with Gasteiger partial charge in [0, 0.05) is 5.56 Å². The molecule has 0 aliphatic rings. The van der Waals surface area contributed by atoms with E-state index in [1.807, 2.05) is 0 Å². The summed E-state index contributed by atoms with van der Waals surface area (Å²) in [4.78, 5) is 0. The first kappa shape index (κ1) is 38.8. The lowest BCUT2D eigenvalue weighted by Crippen LogP contribution is -2.13. The van der Waals surface area contributed by atoms with Gasteiger partial charge in [-0.15, -0.1) is 0 Å². The first-order chi connectivity index (χ1) is 25.3. The second kappa shape index (κ2) is 14.7. The van der Waals surface area contributed by atoms with Crippen LogP contribution >= 0.6 is 0 Å². The van der Waals surface area contributed by atoms with Crippen molar-refractivity contribution >= 4 is 0 Å². The maximum Gasteiger partial charge on any atom is 0.0632 e. The second-order valence-electron chi connectivity index (χ2n) is 19.2. The summed E-state index contributed by atoms with van der Waals surface area (Å²) in [5, 5.41) is 0. The highest BCUT2D eigenvalue weighted by atomic mass is 14.3. The zero-order valence-electron chi connectivity index (χ0n) is 34.9. The number of hydrogen-bond donors (Lipinski definition) is 0. The first-order valence-corrected chi connectivity index (χ1v) is 19.7. The molecule has 0 saturated heterocycles. The molecule has 54 heavy (non-hydrogen) atoms. The summed E-state index contributed by atoms with van der Waals surface area (Å²) < 4.78 is 0. The highest BCUT2D eigenvalue weighted by Crippen LogP contribution is 2.38. The summed E-state index contributed by atoms with van der Waals surface area (Å²) in [6, 6.07) is 55.0. The van der Waals surface area contributed by atoms with Crippen LogP contribution in [-0.4, -0.2) is 0 Å². The van der Waals surface area contributed by atoms with Crippen LogP contribution in [-0.2, 0) is 21.7 Å². The number of hydrogen-bond acceptors (Lipinski definition) is 0. The Morgan fingerprint density at radius 3 is 1.02 bits per heavy atom. The highest BCUT2D eigenvalue weighted by Gasteiger charge is 2.26. The average Bonchev–Trinajstić information content (AvgIpc) is 3.12. The molecule has 0 aliphatic carbocycles. The van der Waals surface area contributed by atoms with Gasteiger partial charge in [0.2, 0.25) is 0 Å². The standard InChI is InChI=1S/C54H60/c1-51(2,3)45-27-19-37(20-28-45)49(38-21-29-46(30-22-38)52(4,5)6)43-17-13-15-41(35-43)42-16-14-18-44(36-42)50(39-23-31-47(32-24-39)53(7,8)9)40-25-33-48(34-26-40)54(10,11)12/h13-36H,1-12H3. The third kappa shape index (κ3) is 8.71. The van der Waals surface area contributed by atoms with Gasteiger partial charge in [-0.1, -0.05) is 190 Å². The van der Waals surface area contributed by atoms with E-state index >= 15 is 0 Å². The van der Waals surface area contributed by atoms with Crippen molar-refractivity contribution in [1.29, 1.82) is 0 Å². The topological polar surface area (TPSA) is 0 Å². The molecule has 0 nitrogen and oxygen atoms in total. The number of benzene rings is 6. The normalized spacial score (nSPS) is 12.4. The van der Waals surface area contributed by atoms with Crippen molar-refractivity contribution in [2.45, 2.75) is 105 Å². The predicted molar refractivity (Wildman–Crippen MR) is 234 cm³/mol. The smallest absolute Gasteiger partial charge is 0.0632 e. The van der Waals surface area contributed by atoms with Crippen molar-refractivity contribution < 1.29 is 0 Å². The van der Waals surface area contributed by atoms with Crippen LogP contribution in [0.15, 0.2) is 146 Å². The highest BCUT2D eigenvalue weighted by molar-refractivity contribution is 5.71. The van der Waals surface area contributed by atoms with Crippen LogP contribution in [0.2, 0.25) is 0 Å². The minimum absolute atomic E-state index is 0.0944. The first-order valence-electron chi connectivity index (χ1n) is 19.7. The maximum absolute atomic E-state index is 2.37. The average molecular weight is 709 g/mol. The van der Waals surface area contributed by atoms with Gasteiger partial charge in [-0.25, -0.2) is 0 Å². The van der Waals surface area contributed by atoms with Crippen LogP contribution in [0.4, 0.5) is 0 Å². The molecule has 276 valence electrons. The van der Waals surface area contributed by atoms with Gasteiger partial charge in [0.25, 0.3) is 0 Å². The molecular weight excluding hydrogens is 649 g/mol. The van der Waals surface area contributed by atoms with Gasteiger partial charge < -0.3 is 0 Å². The molecule has 0 aliphatic heterocycles. The van der Waals surface area contributed by atoms with Crippen LogP contribution in [0.5, 0.6) is 0 Å². The van der Waals surface area contributed by atoms with E-state index in [-0.39, 0.29) is 21.7 Å². The molecule has 0 heterocycles. The third-order valence-corrected chi connectivity index (χ3v) is 10.8. The Labute approximate surface area is 327 Å². The molecule has 0 bridgehead atoms. The van der Waals surface area contributed by atoms with E-state index in [1.165, 1.54) is 78.6 Å². The molecule has 0 atom stereocenters. The molecule has 6 rings (SSSR count). The van der Waals surface area contributed by atoms with Crippen molar-refractivity contribution in [3.63, 3.8) is 0 Å². The summed E-state index contributed by atoms with van der Waals surface area (Å²) in [7, 11) is 0. The summed E-state index contributed by atoms with van der Waals surface area (Å²) >= 11 is 0. The van der Waals surface area contributed by atoms with Crippen LogP contribution in [0.25, 0.3) is 11.1 Å². The fourth-order valence-corrected chi connectivity index (χ4v) is 7.26. The van der Waals surface area contributed by atoms with Gasteiger partial charge in [0.05, 0.1) is 22.6 Å². The van der Waals surface area contributed by atoms with Crippen LogP contribution in [0.1, 0.15) is 139 Å². The van der Waals surface area contributed by atoms with Gasteiger partial charge in [0.1, 0.15) is 0 Å². The summed E-state index contributed by atoms with van der Waals surface area (Å²) in [5.41, 5.74) is 15.5. The van der Waals surface area contributed by atoms with E-state index in [2.05, 4.69) is 229 Å². The van der Waals surface area contributed by atoms with E-state index in [9.17, 15) is 0 Å². The van der Waals surface area contributed by atoms with E-state index in [4.69, 9.17) is 0 Å². The zero-order chi connectivity index (χ0) is 39.1. The van der Waals surface area contributed by atoms with E-state index in [0.717, 1.165) is 0 Å². The molecule has 0 aromatic heterocycles. The minimum atomic E-state index is 0.0944. The Kier molecular flexibility index (Phi) is 10.6. The molecule has 0 spiro atoms. The molecule has 6 aromatic carbocycles. The molecule has 0 unspecified atom stereocenters. The molecule has 0 radical (unpaired) electrons. The lowest BCUT2D eigenvalue weighted by atomic mass is 9.79. The quantitative estimate of drug-likeness (QED) is 0.114. The van der Waals surface area contributed by atoms with Crippen molar-refractivity contribution in [3.05, 3.63) is 213 Å². The van der Waals surface area contributed by atoms with Crippen LogP contribution in [0, 0.1) is 11.8 Å². The fourth-order valence-electron chi connectivity index (χ4n) is 7.26. The zero-order valence-corrected chi connectivity index (χ0v) is 34.9. The summed E-state index contributed by atoms with van der Waals surface area (Å²) in [6.45, 7) is 27.3. The van der Waals surface area contributed by atoms with E-state index in [1.54, 1.807) is 0 Å². The lowest BCUT2D eigenvalue weighted by Gasteiger charge is -2.28. The number of rotatable bonds is 7. The monoisotopic (exact) mass is 708 g/mol. The van der Waals surface area contributed by atoms with Gasteiger partial charge in [0.15, 0.2) is 0 Å². The van der Waals surface area contributed by atoms with Crippen molar-refractivity contribution in [1.82, 2.24) is 0 Å². The molecule has 0 saturated carbocycles. The molecular formula is C54H60. The molecule has 0 amide bonds. The molecule has 0 N–H and O–H groups in total. The van der Waals surface area contributed by atoms with Crippen molar-refractivity contribution in [3.8, 4) is 11.1 Å². The predicted octanol–water partition coefficient (Wildman–Crippen LogP) is 14.6. The maximum atomic E-state index is 2.37. The molecule has 0 fully saturated rings. The van der Waals surface area contributed by atoms with E-state index in [0.29, 0.717) is 0 Å². The Balaban J connectivity index is 1.44. The van der Waals surface area contributed by atoms with Gasteiger partial charge in [-0.3, -0.25) is 0 Å². The summed E-state index contributed by atoms with van der Waals surface area (Å²) in [5.74, 6) is 2.50. The Bertz CT molecular complexity index is 1870.